The van der Waals surface area contributed by atoms with Crippen LogP contribution in [-0.4, -0.2) is 0 Å². The van der Waals surface area contributed by atoms with Crippen molar-refractivity contribution in [2.24, 2.45) is 5.41 Å². The lowest BCUT2D eigenvalue weighted by Crippen LogP contribution is -2.01. The van der Waals surface area contributed by atoms with Crippen LogP contribution in [0.4, 0.5) is 0 Å². The molecular weight excluding hydrogens is 264 g/mol. The van der Waals surface area contributed by atoms with Gasteiger partial charge < -0.3 is 0 Å². The molecule has 0 bridgehead atoms. The summed E-state index contributed by atoms with van der Waals surface area (Å²) in [6.07, 6.45) is 5.83. The van der Waals surface area contributed by atoms with E-state index in [2.05, 4.69) is 79.7 Å². The van der Waals surface area contributed by atoms with E-state index < -0.39 is 0 Å². The van der Waals surface area contributed by atoms with Crippen molar-refractivity contribution in [1.29, 1.82) is 0 Å². The van der Waals surface area contributed by atoms with Crippen molar-refractivity contribution in [2.45, 2.75) is 87.0 Å². The number of benzene rings is 1. The zero-order chi connectivity index (χ0) is 17.2. The van der Waals surface area contributed by atoms with E-state index in [9.17, 15) is 0 Å². The number of allylic oxidation sites excluding steroid dienone is 2. The van der Waals surface area contributed by atoms with Crippen LogP contribution in [0.2, 0.25) is 0 Å². The van der Waals surface area contributed by atoms with Gasteiger partial charge in [0.15, 0.2) is 0 Å². The van der Waals surface area contributed by atoms with Gasteiger partial charge in [0.2, 0.25) is 0 Å². The van der Waals surface area contributed by atoms with Crippen molar-refractivity contribution >= 4 is 0 Å². The Kier molecular flexibility index (Phi) is 10.1. The van der Waals surface area contributed by atoms with Gasteiger partial charge in [0.05, 0.1) is 0 Å². The van der Waals surface area contributed by atoms with Gasteiger partial charge in [-0.05, 0) is 57.4 Å². The third-order valence-corrected chi connectivity index (χ3v) is 4.42. The first-order valence-electron chi connectivity index (χ1n) is 8.81. The van der Waals surface area contributed by atoms with Crippen molar-refractivity contribution in [2.75, 3.05) is 0 Å². The molecule has 126 valence electrons. The molecule has 0 spiro atoms. The molecule has 1 aromatic carbocycles. The Balaban J connectivity index is 0.000000309. The van der Waals surface area contributed by atoms with E-state index in [0.717, 1.165) is 0 Å². The van der Waals surface area contributed by atoms with Gasteiger partial charge in [-0.15, -0.1) is 0 Å². The zero-order valence-corrected chi connectivity index (χ0v) is 16.3. The van der Waals surface area contributed by atoms with Gasteiger partial charge in [0.1, 0.15) is 0 Å². The number of hydrogen-bond donors (Lipinski definition) is 0. The normalized spacial score (nSPS) is 15.3. The molecule has 0 atom stereocenters. The number of hydrogen-bond acceptors (Lipinski definition) is 0. The summed E-state index contributed by atoms with van der Waals surface area (Å²) < 4.78 is 0. The lowest BCUT2D eigenvalue weighted by Gasteiger charge is -2.13. The predicted octanol–water partition coefficient (Wildman–Crippen LogP) is 7.76. The van der Waals surface area contributed by atoms with E-state index >= 15 is 0 Å². The lowest BCUT2D eigenvalue weighted by molar-refractivity contribution is 0.382. The van der Waals surface area contributed by atoms with Gasteiger partial charge >= 0.3 is 0 Å². The van der Waals surface area contributed by atoms with Crippen LogP contribution in [-0.2, 0) is 0 Å². The molecule has 0 nitrogen and oxygen atoms in total. The third kappa shape index (κ3) is 10.7. The molecule has 0 radical (unpaired) electrons. The first-order chi connectivity index (χ1) is 10.2. The zero-order valence-electron chi connectivity index (χ0n) is 16.3. The highest BCUT2D eigenvalue weighted by atomic mass is 14.3. The maximum absolute atomic E-state index is 2.36. The van der Waals surface area contributed by atoms with Crippen LogP contribution in [0.25, 0.3) is 0 Å². The standard InChI is InChI=1S/C9H12.C7H14.C6H12/c1-8(2)9-6-4-3-5-7-9;1-7(2)5-3-4-6-7;1-5(2)6(3)4/h3-8H,1-2H3;3-6H2,1-2H3;1-4H3. The average molecular weight is 303 g/mol. The first kappa shape index (κ1) is 21.0. The summed E-state index contributed by atoms with van der Waals surface area (Å²) in [5.74, 6) is 0.659. The van der Waals surface area contributed by atoms with Gasteiger partial charge in [-0.2, -0.15) is 0 Å². The smallest absolute Gasteiger partial charge is 0.0219 e. The molecule has 2 rings (SSSR count). The van der Waals surface area contributed by atoms with Gasteiger partial charge in [0, 0.05) is 0 Å². The monoisotopic (exact) mass is 302 g/mol. The van der Waals surface area contributed by atoms with Gasteiger partial charge in [-0.1, -0.05) is 82.0 Å². The summed E-state index contributed by atoms with van der Waals surface area (Å²) in [4.78, 5) is 0. The van der Waals surface area contributed by atoms with Crippen LogP contribution < -0.4 is 0 Å². The van der Waals surface area contributed by atoms with Crippen LogP contribution in [0.5, 0.6) is 0 Å². The fourth-order valence-corrected chi connectivity index (χ4v) is 2.17. The Hall–Kier alpha value is -1.04. The molecule has 1 aliphatic rings. The molecule has 1 fully saturated rings. The Morgan fingerprint density at radius 2 is 1.23 bits per heavy atom. The van der Waals surface area contributed by atoms with E-state index in [1.54, 1.807) is 0 Å². The molecule has 1 aromatic rings. The van der Waals surface area contributed by atoms with Crippen LogP contribution in [0.1, 0.15) is 92.6 Å². The van der Waals surface area contributed by atoms with E-state index in [1.165, 1.54) is 42.4 Å². The molecule has 0 heteroatoms. The Labute approximate surface area is 140 Å². The molecule has 0 unspecified atom stereocenters. The maximum Gasteiger partial charge on any atom is -0.0219 e. The van der Waals surface area contributed by atoms with Crippen LogP contribution in [0, 0.1) is 5.41 Å². The van der Waals surface area contributed by atoms with Crippen LogP contribution in [0.15, 0.2) is 41.5 Å². The molecule has 22 heavy (non-hydrogen) atoms. The van der Waals surface area contributed by atoms with Crippen molar-refractivity contribution in [3.05, 3.63) is 47.0 Å². The summed E-state index contributed by atoms with van der Waals surface area (Å²) in [6, 6.07) is 10.5. The summed E-state index contributed by atoms with van der Waals surface area (Å²) in [6.45, 7) is 17.6. The molecule has 0 aliphatic heterocycles. The summed E-state index contributed by atoms with van der Waals surface area (Å²) >= 11 is 0. The second-order valence-corrected chi connectivity index (χ2v) is 7.94. The molecular formula is C22H38. The summed E-state index contributed by atoms with van der Waals surface area (Å²) in [7, 11) is 0. The maximum atomic E-state index is 2.36. The van der Waals surface area contributed by atoms with Crippen molar-refractivity contribution in [3.8, 4) is 0 Å². The van der Waals surface area contributed by atoms with Crippen molar-refractivity contribution in [3.63, 3.8) is 0 Å². The second kappa shape index (κ2) is 10.6. The number of rotatable bonds is 1. The molecule has 1 saturated carbocycles. The second-order valence-electron chi connectivity index (χ2n) is 7.94. The lowest BCUT2D eigenvalue weighted by atomic mass is 9.92. The minimum Gasteiger partial charge on any atom is -0.0778 e. The average Bonchev–Trinajstić information content (AvgIpc) is 2.85. The fraction of sp³-hybridized carbons (Fsp3) is 0.636. The van der Waals surface area contributed by atoms with E-state index in [1.807, 2.05) is 6.07 Å². The van der Waals surface area contributed by atoms with Gasteiger partial charge in [-0.25, -0.2) is 0 Å². The molecule has 0 amide bonds. The molecule has 1 aliphatic carbocycles. The minimum atomic E-state index is 0.659. The molecule has 0 saturated heterocycles. The summed E-state index contributed by atoms with van der Waals surface area (Å²) in [5, 5.41) is 0. The van der Waals surface area contributed by atoms with E-state index in [0.29, 0.717) is 11.3 Å². The SMILES string of the molecule is CC(C)=C(C)C.CC(C)c1ccccc1.CC1(C)CCCC1. The van der Waals surface area contributed by atoms with Gasteiger partial charge in [0.25, 0.3) is 0 Å². The highest BCUT2D eigenvalue weighted by Crippen LogP contribution is 2.36. The quantitative estimate of drug-likeness (QED) is 0.465. The Bertz CT molecular complexity index is 395. The Morgan fingerprint density at radius 3 is 1.41 bits per heavy atom. The highest BCUT2D eigenvalue weighted by Gasteiger charge is 2.21. The van der Waals surface area contributed by atoms with Gasteiger partial charge in [-0.3, -0.25) is 0 Å². The minimum absolute atomic E-state index is 0.659. The molecule has 0 aromatic heterocycles. The topological polar surface area (TPSA) is 0 Å². The van der Waals surface area contributed by atoms with E-state index in [-0.39, 0.29) is 0 Å². The summed E-state index contributed by atoms with van der Waals surface area (Å²) in [5.41, 5.74) is 4.96. The molecule has 0 N–H and O–H groups in total. The van der Waals surface area contributed by atoms with Crippen molar-refractivity contribution < 1.29 is 0 Å². The Morgan fingerprint density at radius 1 is 0.818 bits per heavy atom. The fourth-order valence-electron chi connectivity index (χ4n) is 2.17. The van der Waals surface area contributed by atoms with Crippen LogP contribution in [0.3, 0.4) is 0 Å². The highest BCUT2D eigenvalue weighted by molar-refractivity contribution is 5.17. The predicted molar refractivity (Wildman–Crippen MR) is 103 cm³/mol. The molecule has 0 heterocycles. The van der Waals surface area contributed by atoms with Crippen molar-refractivity contribution in [1.82, 2.24) is 0 Å². The first-order valence-corrected chi connectivity index (χ1v) is 8.81. The third-order valence-electron chi connectivity index (χ3n) is 4.42. The van der Waals surface area contributed by atoms with E-state index in [4.69, 9.17) is 0 Å². The van der Waals surface area contributed by atoms with Crippen LogP contribution >= 0.6 is 0 Å². The largest absolute Gasteiger partial charge is 0.0778 e.